The van der Waals surface area contributed by atoms with Crippen LogP contribution in [0.5, 0.6) is 0 Å². The van der Waals surface area contributed by atoms with E-state index in [4.69, 9.17) is 4.42 Å². The minimum atomic E-state index is 0.399. The fourth-order valence-electron chi connectivity index (χ4n) is 2.88. The molecule has 1 fully saturated rings. The standard InChI is InChI=1S/C16H28N2O/c1-12(2)17-10-15-6-5-9-18(11-15)14(4)16-8-7-13(3)19-16/h7-8,12,14-15,17H,5-6,9-11H2,1-4H3. The van der Waals surface area contributed by atoms with Crippen molar-refractivity contribution in [1.29, 1.82) is 0 Å². The second-order valence-electron chi connectivity index (χ2n) is 6.19. The van der Waals surface area contributed by atoms with Crippen LogP contribution in [0.25, 0.3) is 0 Å². The van der Waals surface area contributed by atoms with Gasteiger partial charge in [0.2, 0.25) is 0 Å². The third kappa shape index (κ3) is 4.08. The summed E-state index contributed by atoms with van der Waals surface area (Å²) in [7, 11) is 0. The third-order valence-corrected chi connectivity index (χ3v) is 4.09. The SMILES string of the molecule is Cc1ccc(C(C)N2CCCC(CNC(C)C)C2)o1. The summed E-state index contributed by atoms with van der Waals surface area (Å²) in [4.78, 5) is 2.56. The Morgan fingerprint density at radius 1 is 1.37 bits per heavy atom. The zero-order valence-electron chi connectivity index (χ0n) is 12.8. The number of nitrogens with one attached hydrogen (secondary N) is 1. The van der Waals surface area contributed by atoms with Crippen molar-refractivity contribution in [2.24, 2.45) is 5.92 Å². The molecule has 19 heavy (non-hydrogen) atoms. The molecule has 2 unspecified atom stereocenters. The first-order chi connectivity index (χ1) is 9.06. The maximum Gasteiger partial charge on any atom is 0.121 e. The Hall–Kier alpha value is -0.800. The van der Waals surface area contributed by atoms with Crippen LogP contribution in [0.15, 0.2) is 16.5 Å². The zero-order valence-corrected chi connectivity index (χ0v) is 12.8. The summed E-state index contributed by atoms with van der Waals surface area (Å²) in [5, 5.41) is 3.57. The molecule has 0 aliphatic carbocycles. The number of hydrogen-bond acceptors (Lipinski definition) is 3. The van der Waals surface area contributed by atoms with E-state index in [2.05, 4.69) is 43.1 Å². The predicted octanol–water partition coefficient (Wildman–Crippen LogP) is 3.36. The Kier molecular flexibility index (Phi) is 5.06. The highest BCUT2D eigenvalue weighted by atomic mass is 16.3. The lowest BCUT2D eigenvalue weighted by molar-refractivity contribution is 0.116. The molecule has 2 atom stereocenters. The van der Waals surface area contributed by atoms with Gasteiger partial charge >= 0.3 is 0 Å². The molecule has 1 aromatic heterocycles. The lowest BCUT2D eigenvalue weighted by atomic mass is 9.96. The molecular formula is C16H28N2O. The number of piperidine rings is 1. The topological polar surface area (TPSA) is 28.4 Å². The quantitative estimate of drug-likeness (QED) is 0.884. The van der Waals surface area contributed by atoms with Crippen molar-refractivity contribution in [3.05, 3.63) is 23.7 Å². The van der Waals surface area contributed by atoms with Gasteiger partial charge < -0.3 is 9.73 Å². The molecule has 0 spiro atoms. The van der Waals surface area contributed by atoms with Gasteiger partial charge in [-0.1, -0.05) is 13.8 Å². The lowest BCUT2D eigenvalue weighted by Crippen LogP contribution is -2.41. The van der Waals surface area contributed by atoms with Crippen LogP contribution >= 0.6 is 0 Å². The maximum absolute atomic E-state index is 5.77. The summed E-state index contributed by atoms with van der Waals surface area (Å²) >= 11 is 0. The van der Waals surface area contributed by atoms with Gasteiger partial charge in [0.25, 0.3) is 0 Å². The van der Waals surface area contributed by atoms with Crippen molar-refractivity contribution in [3.63, 3.8) is 0 Å². The average Bonchev–Trinajstić information content (AvgIpc) is 2.82. The van der Waals surface area contributed by atoms with Gasteiger partial charge in [0.1, 0.15) is 11.5 Å². The van der Waals surface area contributed by atoms with Crippen molar-refractivity contribution in [1.82, 2.24) is 10.2 Å². The van der Waals surface area contributed by atoms with Gasteiger partial charge in [0.05, 0.1) is 6.04 Å². The summed E-state index contributed by atoms with van der Waals surface area (Å²) in [5.41, 5.74) is 0. The summed E-state index contributed by atoms with van der Waals surface area (Å²) in [6.45, 7) is 12.2. The highest BCUT2D eigenvalue weighted by molar-refractivity contribution is 5.09. The van der Waals surface area contributed by atoms with E-state index in [0.29, 0.717) is 12.1 Å². The average molecular weight is 264 g/mol. The maximum atomic E-state index is 5.77. The van der Waals surface area contributed by atoms with Gasteiger partial charge in [0.15, 0.2) is 0 Å². The summed E-state index contributed by atoms with van der Waals surface area (Å²) < 4.78 is 5.77. The van der Waals surface area contributed by atoms with Crippen LogP contribution in [0.4, 0.5) is 0 Å². The molecule has 1 aliphatic heterocycles. The first-order valence-corrected chi connectivity index (χ1v) is 7.60. The summed E-state index contributed by atoms with van der Waals surface area (Å²) in [6, 6.07) is 5.17. The number of hydrogen-bond donors (Lipinski definition) is 1. The Bertz CT molecular complexity index is 386. The van der Waals surface area contributed by atoms with Crippen LogP contribution < -0.4 is 5.32 Å². The lowest BCUT2D eigenvalue weighted by Gasteiger charge is -2.36. The molecule has 0 amide bonds. The molecule has 3 heteroatoms. The van der Waals surface area contributed by atoms with Gasteiger partial charge in [-0.2, -0.15) is 0 Å². The van der Waals surface area contributed by atoms with Crippen LogP contribution in [0.3, 0.4) is 0 Å². The van der Waals surface area contributed by atoms with E-state index in [9.17, 15) is 0 Å². The number of likely N-dealkylation sites (tertiary alicyclic amines) is 1. The molecule has 3 nitrogen and oxygen atoms in total. The first-order valence-electron chi connectivity index (χ1n) is 7.60. The Labute approximate surface area is 117 Å². The van der Waals surface area contributed by atoms with E-state index < -0.39 is 0 Å². The van der Waals surface area contributed by atoms with Crippen LogP contribution in [0, 0.1) is 12.8 Å². The molecule has 0 bridgehead atoms. The monoisotopic (exact) mass is 264 g/mol. The molecule has 1 N–H and O–H groups in total. The van der Waals surface area contributed by atoms with E-state index >= 15 is 0 Å². The Morgan fingerprint density at radius 3 is 2.79 bits per heavy atom. The van der Waals surface area contributed by atoms with Crippen LogP contribution in [-0.2, 0) is 0 Å². The summed E-state index contributed by atoms with van der Waals surface area (Å²) in [6.07, 6.45) is 2.65. The molecule has 108 valence electrons. The smallest absolute Gasteiger partial charge is 0.121 e. The summed E-state index contributed by atoms with van der Waals surface area (Å²) in [5.74, 6) is 2.89. The van der Waals surface area contributed by atoms with Crippen molar-refractivity contribution in [2.75, 3.05) is 19.6 Å². The minimum absolute atomic E-state index is 0.399. The van der Waals surface area contributed by atoms with Gasteiger partial charge in [-0.05, 0) is 57.8 Å². The fourth-order valence-corrected chi connectivity index (χ4v) is 2.88. The van der Waals surface area contributed by atoms with E-state index in [1.807, 2.05) is 6.92 Å². The molecule has 1 saturated heterocycles. The second-order valence-corrected chi connectivity index (χ2v) is 6.19. The molecule has 0 saturated carbocycles. The molecule has 1 aliphatic rings. The highest BCUT2D eigenvalue weighted by Gasteiger charge is 2.25. The van der Waals surface area contributed by atoms with E-state index in [1.54, 1.807) is 0 Å². The molecule has 2 heterocycles. The normalized spacial score (nSPS) is 22.9. The Morgan fingerprint density at radius 2 is 2.16 bits per heavy atom. The number of furan rings is 1. The molecule has 1 aromatic rings. The van der Waals surface area contributed by atoms with E-state index in [1.165, 1.54) is 25.9 Å². The van der Waals surface area contributed by atoms with Gasteiger partial charge in [-0.15, -0.1) is 0 Å². The fraction of sp³-hybridized carbons (Fsp3) is 0.750. The second kappa shape index (κ2) is 6.58. The molecular weight excluding hydrogens is 236 g/mol. The van der Waals surface area contributed by atoms with Gasteiger partial charge in [-0.3, -0.25) is 4.90 Å². The number of nitrogens with zero attached hydrogens (tertiary/aromatic N) is 1. The Balaban J connectivity index is 1.89. The predicted molar refractivity (Wildman–Crippen MR) is 79.3 cm³/mol. The van der Waals surface area contributed by atoms with Crippen LogP contribution in [-0.4, -0.2) is 30.6 Å². The van der Waals surface area contributed by atoms with E-state index in [-0.39, 0.29) is 0 Å². The van der Waals surface area contributed by atoms with Gasteiger partial charge in [0, 0.05) is 12.6 Å². The van der Waals surface area contributed by atoms with E-state index in [0.717, 1.165) is 24.0 Å². The minimum Gasteiger partial charge on any atom is -0.465 e. The van der Waals surface area contributed by atoms with Crippen LogP contribution in [0.2, 0.25) is 0 Å². The molecule has 0 aromatic carbocycles. The largest absolute Gasteiger partial charge is 0.465 e. The van der Waals surface area contributed by atoms with Crippen molar-refractivity contribution in [2.45, 2.75) is 52.6 Å². The van der Waals surface area contributed by atoms with Crippen LogP contribution in [0.1, 0.15) is 51.2 Å². The molecule has 0 radical (unpaired) electrons. The van der Waals surface area contributed by atoms with Crippen molar-refractivity contribution >= 4 is 0 Å². The third-order valence-electron chi connectivity index (χ3n) is 4.09. The zero-order chi connectivity index (χ0) is 13.8. The van der Waals surface area contributed by atoms with Gasteiger partial charge in [-0.25, -0.2) is 0 Å². The first kappa shape index (κ1) is 14.6. The number of rotatable bonds is 5. The highest BCUT2D eigenvalue weighted by Crippen LogP contribution is 2.27. The van der Waals surface area contributed by atoms with Crippen molar-refractivity contribution < 1.29 is 4.42 Å². The van der Waals surface area contributed by atoms with Crippen molar-refractivity contribution in [3.8, 4) is 0 Å². The number of aryl methyl sites for hydroxylation is 1. The molecule has 2 rings (SSSR count).